The number of amides is 1. The van der Waals surface area contributed by atoms with Crippen LogP contribution in [-0.4, -0.2) is 60.0 Å². The maximum Gasteiger partial charge on any atom is 0.260 e. The van der Waals surface area contributed by atoms with Gasteiger partial charge in [0.15, 0.2) is 6.61 Å². The zero-order chi connectivity index (χ0) is 15.2. The number of nitrogens with zero attached hydrogens (tertiary/aromatic N) is 2. The van der Waals surface area contributed by atoms with Crippen molar-refractivity contribution in [2.75, 3.05) is 39.3 Å². The highest BCUT2D eigenvalue weighted by Gasteiger charge is 2.21. The van der Waals surface area contributed by atoms with E-state index in [9.17, 15) is 4.79 Å². The SMILES string of the molecule is NC(=S)CN1CCN(C(=O)COc2cccc(Cl)c2)CC1. The third kappa shape index (κ3) is 5.15. The van der Waals surface area contributed by atoms with Crippen LogP contribution in [0, 0.1) is 0 Å². The molecule has 5 nitrogen and oxygen atoms in total. The Morgan fingerprint density at radius 2 is 2.05 bits per heavy atom. The summed E-state index contributed by atoms with van der Waals surface area (Å²) >= 11 is 10.8. The summed E-state index contributed by atoms with van der Waals surface area (Å²) in [5.74, 6) is 0.577. The van der Waals surface area contributed by atoms with Gasteiger partial charge in [-0.2, -0.15) is 0 Å². The van der Waals surface area contributed by atoms with Gasteiger partial charge in [-0.1, -0.05) is 29.9 Å². The largest absolute Gasteiger partial charge is 0.484 e. The molecule has 0 bridgehead atoms. The highest BCUT2D eigenvalue weighted by atomic mass is 35.5. The Bertz CT molecular complexity index is 519. The molecule has 2 rings (SSSR count). The quantitative estimate of drug-likeness (QED) is 0.822. The Balaban J connectivity index is 1.76. The average molecular weight is 328 g/mol. The minimum atomic E-state index is -0.0232. The van der Waals surface area contributed by atoms with Gasteiger partial charge in [0.1, 0.15) is 5.75 Å². The molecule has 0 aromatic heterocycles. The third-order valence-corrected chi connectivity index (χ3v) is 3.63. The van der Waals surface area contributed by atoms with E-state index in [-0.39, 0.29) is 12.5 Å². The molecule has 114 valence electrons. The van der Waals surface area contributed by atoms with Crippen molar-refractivity contribution in [3.8, 4) is 5.75 Å². The molecule has 0 aliphatic carbocycles. The van der Waals surface area contributed by atoms with E-state index in [0.717, 1.165) is 13.1 Å². The van der Waals surface area contributed by atoms with Gasteiger partial charge in [-0.25, -0.2) is 0 Å². The number of benzene rings is 1. The maximum absolute atomic E-state index is 12.1. The second kappa shape index (κ2) is 7.59. The first kappa shape index (κ1) is 16.0. The summed E-state index contributed by atoms with van der Waals surface area (Å²) in [4.78, 5) is 16.5. The normalized spacial score (nSPS) is 15.8. The molecule has 0 spiro atoms. The lowest BCUT2D eigenvalue weighted by atomic mass is 10.3. The fourth-order valence-electron chi connectivity index (χ4n) is 2.17. The maximum atomic E-state index is 12.1. The minimum absolute atomic E-state index is 0.0232. The van der Waals surface area contributed by atoms with Gasteiger partial charge >= 0.3 is 0 Å². The molecule has 1 heterocycles. The number of rotatable bonds is 5. The van der Waals surface area contributed by atoms with E-state index in [0.29, 0.717) is 35.4 Å². The summed E-state index contributed by atoms with van der Waals surface area (Å²) in [6.45, 7) is 3.52. The minimum Gasteiger partial charge on any atom is -0.484 e. The second-order valence-electron chi connectivity index (χ2n) is 4.87. The highest BCUT2D eigenvalue weighted by molar-refractivity contribution is 7.80. The van der Waals surface area contributed by atoms with E-state index in [4.69, 9.17) is 34.3 Å². The molecule has 7 heteroatoms. The Morgan fingerprint density at radius 3 is 2.67 bits per heavy atom. The summed E-state index contributed by atoms with van der Waals surface area (Å²) in [6.07, 6.45) is 0. The van der Waals surface area contributed by atoms with Crippen LogP contribution in [0.25, 0.3) is 0 Å². The van der Waals surface area contributed by atoms with E-state index < -0.39 is 0 Å². The van der Waals surface area contributed by atoms with Crippen LogP contribution in [-0.2, 0) is 4.79 Å². The number of carbonyl (C=O) groups is 1. The van der Waals surface area contributed by atoms with E-state index >= 15 is 0 Å². The van der Waals surface area contributed by atoms with Gasteiger partial charge < -0.3 is 15.4 Å². The molecule has 1 fully saturated rings. The van der Waals surface area contributed by atoms with Crippen molar-refractivity contribution in [3.05, 3.63) is 29.3 Å². The highest BCUT2D eigenvalue weighted by Crippen LogP contribution is 2.17. The van der Waals surface area contributed by atoms with E-state index in [2.05, 4.69) is 4.90 Å². The smallest absolute Gasteiger partial charge is 0.260 e. The van der Waals surface area contributed by atoms with Crippen LogP contribution < -0.4 is 10.5 Å². The van der Waals surface area contributed by atoms with E-state index in [1.165, 1.54) is 0 Å². The number of thiocarbonyl (C=S) groups is 1. The molecule has 1 aliphatic rings. The summed E-state index contributed by atoms with van der Waals surface area (Å²) < 4.78 is 5.46. The number of ether oxygens (including phenoxy) is 1. The van der Waals surface area contributed by atoms with Crippen LogP contribution in [0.2, 0.25) is 5.02 Å². The molecule has 1 aliphatic heterocycles. The predicted octanol–water partition coefficient (Wildman–Crippen LogP) is 1.15. The predicted molar refractivity (Wildman–Crippen MR) is 86.8 cm³/mol. The number of hydrogen-bond donors (Lipinski definition) is 1. The molecule has 1 amide bonds. The van der Waals surface area contributed by atoms with Crippen molar-refractivity contribution >= 4 is 34.7 Å². The molecule has 0 radical (unpaired) electrons. The summed E-state index contributed by atoms with van der Waals surface area (Å²) in [5, 5.41) is 0.589. The van der Waals surface area contributed by atoms with Crippen molar-refractivity contribution in [2.24, 2.45) is 5.73 Å². The van der Waals surface area contributed by atoms with E-state index in [1.807, 2.05) is 0 Å². The molecular weight excluding hydrogens is 310 g/mol. The van der Waals surface area contributed by atoms with Crippen LogP contribution in [0.5, 0.6) is 5.75 Å². The molecule has 0 saturated carbocycles. The number of halogens is 1. The summed E-state index contributed by atoms with van der Waals surface area (Å²) in [6, 6.07) is 7.02. The van der Waals surface area contributed by atoms with Crippen LogP contribution in [0.15, 0.2) is 24.3 Å². The Morgan fingerprint density at radius 1 is 1.33 bits per heavy atom. The van der Waals surface area contributed by atoms with Crippen molar-refractivity contribution in [1.82, 2.24) is 9.80 Å². The third-order valence-electron chi connectivity index (χ3n) is 3.26. The molecule has 0 atom stereocenters. The molecule has 1 saturated heterocycles. The summed E-state index contributed by atoms with van der Waals surface area (Å²) in [5.41, 5.74) is 5.52. The lowest BCUT2D eigenvalue weighted by Gasteiger charge is -2.34. The number of hydrogen-bond acceptors (Lipinski definition) is 4. The van der Waals surface area contributed by atoms with Gasteiger partial charge in [-0.05, 0) is 18.2 Å². The van der Waals surface area contributed by atoms with Crippen molar-refractivity contribution in [3.63, 3.8) is 0 Å². The molecule has 21 heavy (non-hydrogen) atoms. The van der Waals surface area contributed by atoms with Crippen LogP contribution in [0.1, 0.15) is 0 Å². The van der Waals surface area contributed by atoms with Gasteiger partial charge in [0.05, 0.1) is 4.99 Å². The van der Waals surface area contributed by atoms with Crippen molar-refractivity contribution in [2.45, 2.75) is 0 Å². The van der Waals surface area contributed by atoms with Crippen LogP contribution >= 0.6 is 23.8 Å². The van der Waals surface area contributed by atoms with Crippen LogP contribution in [0.4, 0.5) is 0 Å². The van der Waals surface area contributed by atoms with Gasteiger partial charge in [-0.3, -0.25) is 9.69 Å². The standard InChI is InChI=1S/C14H18ClN3O2S/c15-11-2-1-3-12(8-11)20-10-14(19)18-6-4-17(5-7-18)9-13(16)21/h1-3,8H,4-7,9-10H2,(H2,16,21). The molecular formula is C14H18ClN3O2S. The summed E-state index contributed by atoms with van der Waals surface area (Å²) in [7, 11) is 0. The first-order chi connectivity index (χ1) is 10.0. The lowest BCUT2D eigenvalue weighted by Crippen LogP contribution is -2.51. The number of nitrogens with two attached hydrogens (primary N) is 1. The van der Waals surface area contributed by atoms with E-state index in [1.54, 1.807) is 29.2 Å². The molecule has 2 N–H and O–H groups in total. The zero-order valence-corrected chi connectivity index (χ0v) is 13.2. The zero-order valence-electron chi connectivity index (χ0n) is 11.6. The Hall–Kier alpha value is -1.37. The fraction of sp³-hybridized carbons (Fsp3) is 0.429. The first-order valence-electron chi connectivity index (χ1n) is 6.71. The number of carbonyl (C=O) groups excluding carboxylic acids is 1. The van der Waals surface area contributed by atoms with Gasteiger partial charge in [0.2, 0.25) is 0 Å². The Kier molecular flexibility index (Phi) is 5.78. The van der Waals surface area contributed by atoms with Gasteiger partial charge in [0, 0.05) is 37.7 Å². The monoisotopic (exact) mass is 327 g/mol. The van der Waals surface area contributed by atoms with Gasteiger partial charge in [0.25, 0.3) is 5.91 Å². The van der Waals surface area contributed by atoms with Crippen LogP contribution in [0.3, 0.4) is 0 Å². The van der Waals surface area contributed by atoms with Crippen molar-refractivity contribution in [1.29, 1.82) is 0 Å². The fourth-order valence-corrected chi connectivity index (χ4v) is 2.53. The average Bonchev–Trinajstić information content (AvgIpc) is 2.45. The topological polar surface area (TPSA) is 58.8 Å². The van der Waals surface area contributed by atoms with Crippen molar-refractivity contribution < 1.29 is 9.53 Å². The first-order valence-corrected chi connectivity index (χ1v) is 7.50. The molecule has 1 aromatic rings. The van der Waals surface area contributed by atoms with Gasteiger partial charge in [-0.15, -0.1) is 0 Å². The molecule has 1 aromatic carbocycles. The Labute approximate surface area is 134 Å². The molecule has 0 unspecified atom stereocenters. The number of piperazine rings is 1. The second-order valence-corrected chi connectivity index (χ2v) is 5.83. The lowest BCUT2D eigenvalue weighted by molar-refractivity contribution is -0.135.